The van der Waals surface area contributed by atoms with E-state index in [4.69, 9.17) is 10.5 Å². The van der Waals surface area contributed by atoms with E-state index in [1.807, 2.05) is 38.2 Å². The van der Waals surface area contributed by atoms with Gasteiger partial charge in [0.15, 0.2) is 0 Å². The van der Waals surface area contributed by atoms with Crippen LogP contribution in [0.1, 0.15) is 33.4 Å². The number of aryl methyl sites for hydroxylation is 2. The number of carbonyl (C=O) groups excluding carboxylic acids is 1. The molecule has 2 N–H and O–H groups in total. The number of nitrogens with two attached hydrogens (primary N) is 1. The van der Waals surface area contributed by atoms with Crippen molar-refractivity contribution >= 4 is 33.5 Å². The highest BCUT2D eigenvalue weighted by Crippen LogP contribution is 2.31. The van der Waals surface area contributed by atoms with E-state index in [9.17, 15) is 4.79 Å². The molecule has 152 valence electrons. The number of aromatic nitrogens is 4. The van der Waals surface area contributed by atoms with Crippen LogP contribution in [0.4, 0.5) is 5.82 Å². The Hall–Kier alpha value is -3.52. The quantitative estimate of drug-likeness (QED) is 0.553. The van der Waals surface area contributed by atoms with Gasteiger partial charge in [-0.3, -0.25) is 14.5 Å². The standard InChI is InChI=1S/C22H22N6O2/c1-12-4-6-14-18(25-12)10-30-11-19(14)27(2)22(29)13-5-7-17-15(8-13)20-16(21(23)26-17)9-24-28(20)3/h4-9,19H,10-11H2,1-3H3,(H2,23,26)/t19-/m1/s1. The van der Waals surface area contributed by atoms with Gasteiger partial charge in [0.25, 0.3) is 5.91 Å². The lowest BCUT2D eigenvalue weighted by molar-refractivity contribution is 0.0329. The minimum Gasteiger partial charge on any atom is -0.383 e. The number of benzene rings is 1. The zero-order valence-corrected chi connectivity index (χ0v) is 17.1. The third-order valence-corrected chi connectivity index (χ3v) is 5.76. The van der Waals surface area contributed by atoms with E-state index in [2.05, 4.69) is 15.1 Å². The van der Waals surface area contributed by atoms with Gasteiger partial charge in [-0.25, -0.2) is 4.98 Å². The molecule has 30 heavy (non-hydrogen) atoms. The van der Waals surface area contributed by atoms with Gasteiger partial charge in [-0.2, -0.15) is 5.10 Å². The van der Waals surface area contributed by atoms with Crippen molar-refractivity contribution in [2.45, 2.75) is 19.6 Å². The van der Waals surface area contributed by atoms with Crippen molar-refractivity contribution in [1.29, 1.82) is 0 Å². The Labute approximate surface area is 173 Å². The van der Waals surface area contributed by atoms with Gasteiger partial charge in [0.2, 0.25) is 0 Å². The van der Waals surface area contributed by atoms with Crippen LogP contribution < -0.4 is 5.73 Å². The minimum atomic E-state index is -0.189. The van der Waals surface area contributed by atoms with E-state index in [0.717, 1.165) is 38.8 Å². The average Bonchev–Trinajstić information content (AvgIpc) is 3.14. The molecule has 1 atom stereocenters. The van der Waals surface area contributed by atoms with Crippen molar-refractivity contribution in [1.82, 2.24) is 24.6 Å². The van der Waals surface area contributed by atoms with Crippen molar-refractivity contribution in [3.8, 4) is 0 Å². The molecule has 0 aliphatic carbocycles. The third-order valence-electron chi connectivity index (χ3n) is 5.76. The molecule has 0 bridgehead atoms. The predicted octanol–water partition coefficient (Wildman–Crippen LogP) is 2.75. The lowest BCUT2D eigenvalue weighted by Gasteiger charge is -2.33. The number of rotatable bonds is 2. The summed E-state index contributed by atoms with van der Waals surface area (Å²) in [6, 6.07) is 9.30. The topological polar surface area (TPSA) is 99.2 Å². The Morgan fingerprint density at radius 1 is 1.23 bits per heavy atom. The van der Waals surface area contributed by atoms with Crippen LogP contribution in [-0.4, -0.2) is 44.2 Å². The predicted molar refractivity (Wildman–Crippen MR) is 114 cm³/mol. The number of anilines is 1. The monoisotopic (exact) mass is 402 g/mol. The summed E-state index contributed by atoms with van der Waals surface area (Å²) >= 11 is 0. The van der Waals surface area contributed by atoms with Gasteiger partial charge in [-0.05, 0) is 31.2 Å². The number of amides is 1. The molecular weight excluding hydrogens is 380 g/mol. The number of ether oxygens (including phenoxy) is 1. The number of likely N-dealkylation sites (N-methyl/N-ethyl adjacent to an activating group) is 1. The highest BCUT2D eigenvalue weighted by molar-refractivity contribution is 6.10. The molecule has 4 heterocycles. The van der Waals surface area contributed by atoms with Crippen molar-refractivity contribution in [3.05, 3.63) is 59.0 Å². The molecule has 1 aromatic carbocycles. The maximum absolute atomic E-state index is 13.4. The zero-order chi connectivity index (χ0) is 21.0. The van der Waals surface area contributed by atoms with Gasteiger partial charge in [-0.15, -0.1) is 0 Å². The van der Waals surface area contributed by atoms with Crippen LogP contribution in [0.25, 0.3) is 21.8 Å². The summed E-state index contributed by atoms with van der Waals surface area (Å²) in [6.07, 6.45) is 1.70. The summed E-state index contributed by atoms with van der Waals surface area (Å²) in [5, 5.41) is 5.92. The van der Waals surface area contributed by atoms with Gasteiger partial charge in [0, 0.05) is 36.3 Å². The molecule has 0 saturated heterocycles. The summed E-state index contributed by atoms with van der Waals surface area (Å²) in [7, 11) is 3.66. The molecule has 5 rings (SSSR count). The van der Waals surface area contributed by atoms with Crippen molar-refractivity contribution < 1.29 is 9.53 Å². The molecule has 0 unspecified atom stereocenters. The number of pyridine rings is 2. The first-order valence-electron chi connectivity index (χ1n) is 9.76. The van der Waals surface area contributed by atoms with E-state index < -0.39 is 0 Å². The van der Waals surface area contributed by atoms with Gasteiger partial charge >= 0.3 is 0 Å². The summed E-state index contributed by atoms with van der Waals surface area (Å²) in [5.41, 5.74) is 11.1. The summed E-state index contributed by atoms with van der Waals surface area (Å²) in [5.74, 6) is 0.339. The Morgan fingerprint density at radius 3 is 2.90 bits per heavy atom. The van der Waals surface area contributed by atoms with Crippen LogP contribution in [0.15, 0.2) is 36.5 Å². The second-order valence-corrected chi connectivity index (χ2v) is 7.69. The molecule has 8 nitrogen and oxygen atoms in total. The fourth-order valence-electron chi connectivity index (χ4n) is 4.15. The van der Waals surface area contributed by atoms with Gasteiger partial charge in [0.05, 0.1) is 47.6 Å². The Kier molecular flexibility index (Phi) is 4.18. The first-order valence-corrected chi connectivity index (χ1v) is 9.76. The SMILES string of the molecule is Cc1ccc2c(n1)COC[C@H]2N(C)C(=O)c1ccc2nc(N)c3cnn(C)c3c2c1. The van der Waals surface area contributed by atoms with Gasteiger partial charge in [0.1, 0.15) is 5.82 Å². The molecule has 0 spiro atoms. The van der Waals surface area contributed by atoms with E-state index >= 15 is 0 Å². The Morgan fingerprint density at radius 2 is 2.07 bits per heavy atom. The van der Waals surface area contributed by atoms with Gasteiger partial charge in [-0.1, -0.05) is 6.07 Å². The normalized spacial score (nSPS) is 16.0. The average molecular weight is 402 g/mol. The minimum absolute atomic E-state index is 0.0916. The molecule has 1 aliphatic heterocycles. The zero-order valence-electron chi connectivity index (χ0n) is 17.1. The second-order valence-electron chi connectivity index (χ2n) is 7.69. The molecule has 3 aromatic heterocycles. The first-order chi connectivity index (χ1) is 14.4. The first kappa shape index (κ1) is 18.5. The van der Waals surface area contributed by atoms with Crippen LogP contribution in [0.5, 0.6) is 0 Å². The molecule has 0 radical (unpaired) electrons. The van der Waals surface area contributed by atoms with E-state index in [0.29, 0.717) is 24.6 Å². The Balaban J connectivity index is 1.56. The fraction of sp³-hybridized carbons (Fsp3) is 0.273. The Bertz CT molecular complexity index is 1310. The molecule has 0 saturated carbocycles. The molecular formula is C22H22N6O2. The maximum Gasteiger partial charge on any atom is 0.254 e. The number of nitrogens with zero attached hydrogens (tertiary/aromatic N) is 5. The fourth-order valence-corrected chi connectivity index (χ4v) is 4.15. The number of fused-ring (bicyclic) bond motifs is 4. The lowest BCUT2D eigenvalue weighted by Crippen LogP contribution is -2.36. The molecule has 0 fully saturated rings. The molecule has 8 heteroatoms. The highest BCUT2D eigenvalue weighted by Gasteiger charge is 2.29. The van der Waals surface area contributed by atoms with Crippen molar-refractivity contribution in [2.75, 3.05) is 19.4 Å². The summed E-state index contributed by atoms with van der Waals surface area (Å²) in [6.45, 7) is 2.86. The largest absolute Gasteiger partial charge is 0.383 e. The lowest BCUT2D eigenvalue weighted by atomic mass is 10.0. The smallest absolute Gasteiger partial charge is 0.254 e. The highest BCUT2D eigenvalue weighted by atomic mass is 16.5. The molecule has 1 aliphatic rings. The number of hydrogen-bond acceptors (Lipinski definition) is 6. The van der Waals surface area contributed by atoms with Crippen molar-refractivity contribution in [2.24, 2.45) is 7.05 Å². The number of nitrogen functional groups attached to an aromatic ring is 1. The third kappa shape index (κ3) is 2.80. The van der Waals surface area contributed by atoms with Gasteiger partial charge < -0.3 is 15.4 Å². The molecule has 4 aromatic rings. The van der Waals surface area contributed by atoms with Crippen LogP contribution >= 0.6 is 0 Å². The van der Waals surface area contributed by atoms with E-state index in [1.165, 1.54) is 0 Å². The van der Waals surface area contributed by atoms with Crippen LogP contribution in [0.3, 0.4) is 0 Å². The van der Waals surface area contributed by atoms with Crippen LogP contribution in [0, 0.1) is 6.92 Å². The second kappa shape index (κ2) is 6.77. The number of hydrogen-bond donors (Lipinski definition) is 1. The van der Waals surface area contributed by atoms with E-state index in [1.54, 1.807) is 28.9 Å². The van der Waals surface area contributed by atoms with Crippen LogP contribution in [0.2, 0.25) is 0 Å². The van der Waals surface area contributed by atoms with Crippen molar-refractivity contribution in [3.63, 3.8) is 0 Å². The van der Waals surface area contributed by atoms with Crippen LogP contribution in [-0.2, 0) is 18.4 Å². The maximum atomic E-state index is 13.4. The van der Waals surface area contributed by atoms with E-state index in [-0.39, 0.29) is 11.9 Å². The summed E-state index contributed by atoms with van der Waals surface area (Å²) < 4.78 is 7.48. The molecule has 1 amide bonds. The summed E-state index contributed by atoms with van der Waals surface area (Å²) in [4.78, 5) is 24.1. The number of carbonyl (C=O) groups is 1.